The second-order valence-electron chi connectivity index (χ2n) is 16.0. The summed E-state index contributed by atoms with van der Waals surface area (Å²) in [4.78, 5) is 47.1. The topological polar surface area (TPSA) is 163 Å². The van der Waals surface area contributed by atoms with Gasteiger partial charge in [0.2, 0.25) is 5.91 Å². The number of pyridine rings is 1. The number of thiocarbonyl (C=S) groups is 1. The number of halogens is 1. The van der Waals surface area contributed by atoms with Crippen molar-refractivity contribution in [1.29, 1.82) is 5.26 Å². The molecule has 0 saturated carbocycles. The maximum absolute atomic E-state index is 14.2. The number of hydrogen-bond acceptors (Lipinski definition) is 14. The molecule has 0 saturated heterocycles. The summed E-state index contributed by atoms with van der Waals surface area (Å²) < 4.78 is 15.6. The maximum atomic E-state index is 14.2. The number of rotatable bonds is 27. The first-order valence-electron chi connectivity index (χ1n) is 20.5. The Morgan fingerprint density at radius 2 is 1.80 bits per heavy atom. The Morgan fingerprint density at radius 1 is 1.07 bits per heavy atom. The number of benzene rings is 1. The number of methoxy groups -OCH3 is 1. The highest BCUT2D eigenvalue weighted by Crippen LogP contribution is 2.47. The Labute approximate surface area is 371 Å². The van der Waals surface area contributed by atoms with Gasteiger partial charge < -0.3 is 34.9 Å². The van der Waals surface area contributed by atoms with Crippen molar-refractivity contribution in [2.24, 2.45) is 10.8 Å². The number of nitrogens with zero attached hydrogens (tertiary/aromatic N) is 3. The van der Waals surface area contributed by atoms with Gasteiger partial charge in [0.05, 0.1) is 29.7 Å². The number of fused-ring (bicyclic) bond motifs is 1. The molecule has 0 aliphatic carbocycles. The van der Waals surface area contributed by atoms with Crippen LogP contribution >= 0.6 is 47.3 Å². The van der Waals surface area contributed by atoms with Gasteiger partial charge in [-0.3, -0.25) is 14.6 Å². The molecule has 0 fully saturated rings. The predicted molar refractivity (Wildman–Crippen MR) is 246 cm³/mol. The van der Waals surface area contributed by atoms with E-state index in [9.17, 15) is 24.8 Å². The number of carbonyl (C=O) groups excluding carboxylic acids is 3. The Hall–Kier alpha value is -2.71. The van der Waals surface area contributed by atoms with Gasteiger partial charge in [0.25, 0.3) is 0 Å². The lowest BCUT2D eigenvalue weighted by molar-refractivity contribution is -0.154. The van der Waals surface area contributed by atoms with E-state index in [2.05, 4.69) is 47.4 Å². The molecular weight excluding hydrogens is 830 g/mol. The van der Waals surface area contributed by atoms with Crippen molar-refractivity contribution in [3.63, 3.8) is 0 Å². The minimum atomic E-state index is -1.28. The molecule has 0 spiro atoms. The van der Waals surface area contributed by atoms with Crippen molar-refractivity contribution in [3.8, 4) is 6.07 Å². The molecule has 330 valence electrons. The molecule has 59 heavy (non-hydrogen) atoms. The Bertz CT molecular complexity index is 1720. The van der Waals surface area contributed by atoms with Gasteiger partial charge in [0.1, 0.15) is 14.9 Å². The zero-order valence-electron chi connectivity index (χ0n) is 36.4. The first kappa shape index (κ1) is 52.4. The monoisotopic (exact) mass is 895 g/mol. The molecule has 12 nitrogen and oxygen atoms in total. The molecule has 0 aliphatic heterocycles. The van der Waals surface area contributed by atoms with Crippen LogP contribution in [0.4, 0.5) is 5.69 Å². The lowest BCUT2D eigenvalue weighted by Gasteiger charge is -2.40. The maximum Gasteiger partial charge on any atom is 0.334 e. The number of amides is 1. The Morgan fingerprint density at radius 3 is 2.44 bits per heavy atom. The summed E-state index contributed by atoms with van der Waals surface area (Å²) in [6.07, 6.45) is 3.81. The van der Waals surface area contributed by atoms with Crippen LogP contribution in [-0.2, 0) is 28.6 Å². The van der Waals surface area contributed by atoms with Crippen LogP contribution in [0.15, 0.2) is 30.5 Å². The minimum absolute atomic E-state index is 0.00204. The number of aliphatic hydroxyl groups is 1. The van der Waals surface area contributed by atoms with Crippen molar-refractivity contribution in [2.45, 2.75) is 123 Å². The van der Waals surface area contributed by atoms with Crippen LogP contribution in [-0.4, -0.2) is 112 Å². The van der Waals surface area contributed by atoms with Gasteiger partial charge in [0.15, 0.2) is 6.10 Å². The molecule has 1 amide bonds. The normalized spacial score (nSPS) is 16.1. The molecule has 16 heteroatoms. The van der Waals surface area contributed by atoms with Gasteiger partial charge in [-0.15, -0.1) is 11.8 Å². The van der Waals surface area contributed by atoms with E-state index >= 15 is 0 Å². The summed E-state index contributed by atoms with van der Waals surface area (Å²) in [5.74, 6) is -0.608. The highest BCUT2D eigenvalue weighted by atomic mass is 35.5. The van der Waals surface area contributed by atoms with Crippen LogP contribution in [0.3, 0.4) is 0 Å². The summed E-state index contributed by atoms with van der Waals surface area (Å²) in [5, 5.41) is 28.6. The third-order valence-corrected chi connectivity index (χ3v) is 13.4. The van der Waals surface area contributed by atoms with E-state index in [4.69, 9.17) is 38.0 Å². The number of likely N-dealkylation sites (N-methyl/N-ethyl adjacent to an activating group) is 1. The number of aliphatic hydroxyl groups excluding tert-OH is 1. The largest absolute Gasteiger partial charge is 0.464 e. The van der Waals surface area contributed by atoms with Crippen molar-refractivity contribution in [2.75, 3.05) is 57.6 Å². The van der Waals surface area contributed by atoms with E-state index in [1.165, 1.54) is 30.6 Å². The third-order valence-electron chi connectivity index (χ3n) is 10.2. The number of hydrogen-bond donors (Lipinski definition) is 3. The number of aromatic nitrogens is 1. The summed E-state index contributed by atoms with van der Waals surface area (Å²) in [6.45, 7) is 17.1. The van der Waals surface area contributed by atoms with Gasteiger partial charge in [-0.25, -0.2) is 4.79 Å². The molecule has 0 aliphatic rings. The Balaban J connectivity index is 2.18. The smallest absolute Gasteiger partial charge is 0.334 e. The molecule has 6 atom stereocenters. The molecule has 1 aromatic heterocycles. The van der Waals surface area contributed by atoms with Gasteiger partial charge >= 0.3 is 11.9 Å². The first-order valence-corrected chi connectivity index (χ1v) is 23.1. The van der Waals surface area contributed by atoms with E-state index in [1.54, 1.807) is 40.8 Å². The van der Waals surface area contributed by atoms with E-state index in [0.717, 1.165) is 54.7 Å². The second kappa shape index (κ2) is 25.9. The molecular formula is C43H66ClN5O7S3. The predicted octanol–water partition coefficient (Wildman–Crippen LogP) is 8.43. The highest BCUT2D eigenvalue weighted by molar-refractivity contribution is 8.47. The molecule has 0 bridgehead atoms. The van der Waals surface area contributed by atoms with E-state index in [1.807, 2.05) is 24.3 Å². The number of anilines is 1. The molecule has 2 aromatic rings. The van der Waals surface area contributed by atoms with Crippen LogP contribution < -0.4 is 10.6 Å². The molecule has 1 heterocycles. The van der Waals surface area contributed by atoms with Crippen molar-refractivity contribution < 1.29 is 33.7 Å². The summed E-state index contributed by atoms with van der Waals surface area (Å²) in [6, 6.07) is 10.3. The third kappa shape index (κ3) is 18.0. The summed E-state index contributed by atoms with van der Waals surface area (Å²) in [7, 11) is 1.42. The lowest BCUT2D eigenvalue weighted by atomic mass is 9.67. The fourth-order valence-electron chi connectivity index (χ4n) is 6.92. The van der Waals surface area contributed by atoms with Gasteiger partial charge in [0, 0.05) is 53.9 Å². The fraction of sp³-hybridized carbons (Fsp3) is 0.674. The SMILES string of the molecule is CCCSC(=S)SC(C)(CC(C)(CC(C)(C#N)CCCOC(=O)C(C)OC)C(=O)NCC(C)O)C(=O)OCCN(CC)CCCC(C)Nc1ccnc2cc(Cl)ccc12. The van der Waals surface area contributed by atoms with Gasteiger partial charge in [-0.05, 0) is 123 Å². The minimum Gasteiger partial charge on any atom is -0.464 e. The first-order chi connectivity index (χ1) is 27.8. The standard InChI is InChI=1S/C43H66ClN5O7S3/c1-10-24-58-40(57)59-43(8,28-42(7,38(52)47-26-31(4)50)27-41(6,29-45)18-13-22-55-37(51)32(5)54-9)39(53)56-23-21-49(11-2)20-12-14-30(3)48-35-17-19-46-36-25-33(44)15-16-34(35)36/h15-17,19,25,30-32,50H,10-14,18,20-24,26-28H2,1-9H3,(H,46,48)(H,47,52). The van der Waals surface area contributed by atoms with Crippen molar-refractivity contribution in [3.05, 3.63) is 35.5 Å². The fourth-order valence-corrected chi connectivity index (χ4v) is 10.2. The second-order valence-corrected chi connectivity index (χ2v) is 20.2. The quantitative estimate of drug-likeness (QED) is 0.0445. The van der Waals surface area contributed by atoms with Crippen LogP contribution in [0, 0.1) is 22.2 Å². The summed E-state index contributed by atoms with van der Waals surface area (Å²) in [5.41, 5.74) is -0.441. The molecule has 0 radical (unpaired) electrons. The lowest BCUT2D eigenvalue weighted by Crippen LogP contribution is -2.49. The number of nitriles is 1. The van der Waals surface area contributed by atoms with Gasteiger partial charge in [-0.2, -0.15) is 5.26 Å². The Kier molecular flexibility index (Phi) is 23.0. The number of carbonyl (C=O) groups is 3. The summed E-state index contributed by atoms with van der Waals surface area (Å²) >= 11 is 14.6. The molecule has 3 N–H and O–H groups in total. The van der Waals surface area contributed by atoms with Gasteiger partial charge in [-0.1, -0.05) is 56.4 Å². The molecule has 2 rings (SSSR count). The molecule has 6 unspecified atom stereocenters. The van der Waals surface area contributed by atoms with E-state index in [0.29, 0.717) is 27.9 Å². The average molecular weight is 897 g/mol. The van der Waals surface area contributed by atoms with E-state index in [-0.39, 0.29) is 38.6 Å². The van der Waals surface area contributed by atoms with Crippen LogP contribution in [0.5, 0.6) is 0 Å². The average Bonchev–Trinajstić information content (AvgIpc) is 3.19. The van der Waals surface area contributed by atoms with Crippen molar-refractivity contribution >= 4 is 85.3 Å². The van der Waals surface area contributed by atoms with Crippen LogP contribution in [0.25, 0.3) is 10.9 Å². The molecule has 1 aromatic carbocycles. The van der Waals surface area contributed by atoms with Crippen LogP contribution in [0.2, 0.25) is 5.02 Å². The van der Waals surface area contributed by atoms with Crippen molar-refractivity contribution in [1.82, 2.24) is 15.2 Å². The number of ether oxygens (including phenoxy) is 3. The van der Waals surface area contributed by atoms with Crippen LogP contribution in [0.1, 0.15) is 100 Å². The number of nitrogens with one attached hydrogen (secondary N) is 2. The number of thioether (sulfide) groups is 2. The zero-order valence-corrected chi connectivity index (χ0v) is 39.6. The zero-order chi connectivity index (χ0) is 44.2. The van der Waals surface area contributed by atoms with E-state index < -0.39 is 45.6 Å². The number of esters is 2. The highest BCUT2D eigenvalue weighted by Gasteiger charge is 2.49.